The van der Waals surface area contributed by atoms with Crippen molar-refractivity contribution in [2.24, 2.45) is 0 Å². The summed E-state index contributed by atoms with van der Waals surface area (Å²) in [6, 6.07) is 5.78. The van der Waals surface area contributed by atoms with E-state index >= 15 is 0 Å². The third-order valence-corrected chi connectivity index (χ3v) is 4.27. The molecule has 0 spiro atoms. The van der Waals surface area contributed by atoms with Gasteiger partial charge in [0.1, 0.15) is 12.3 Å². The topological polar surface area (TPSA) is 134 Å². The summed E-state index contributed by atoms with van der Waals surface area (Å²) in [4.78, 5) is 31.1. The number of hydrogen-bond acceptors (Lipinski definition) is 9. The second-order valence-electron chi connectivity index (χ2n) is 6.46. The fourth-order valence-corrected chi connectivity index (χ4v) is 2.83. The van der Waals surface area contributed by atoms with Gasteiger partial charge in [-0.3, -0.25) is 10.3 Å². The number of anilines is 1. The zero-order valence-corrected chi connectivity index (χ0v) is 16.7. The van der Waals surface area contributed by atoms with Crippen LogP contribution in [0.5, 0.6) is 0 Å². The molecule has 0 atom stereocenters. The normalized spacial score (nSPS) is 11.4. The van der Waals surface area contributed by atoms with Crippen molar-refractivity contribution in [3.05, 3.63) is 59.9 Å². The van der Waals surface area contributed by atoms with Gasteiger partial charge in [-0.25, -0.2) is 14.1 Å². The maximum absolute atomic E-state index is 12.7. The minimum absolute atomic E-state index is 0.110. The summed E-state index contributed by atoms with van der Waals surface area (Å²) < 4.78 is 53.5. The molecule has 170 valence electrons. The molecule has 14 heteroatoms. The Balaban J connectivity index is 1.49. The van der Waals surface area contributed by atoms with Gasteiger partial charge in [0.05, 0.1) is 30.1 Å². The zero-order valence-electron chi connectivity index (χ0n) is 16.7. The Bertz CT molecular complexity index is 1330. The van der Waals surface area contributed by atoms with Crippen LogP contribution in [0.2, 0.25) is 0 Å². The molecular weight excluding hydrogens is 449 g/mol. The molecule has 0 bridgehead atoms. The number of nitrogens with zero attached hydrogens (tertiary/aromatic N) is 5. The lowest BCUT2D eigenvalue weighted by Crippen LogP contribution is -2.15. The molecule has 0 fully saturated rings. The molecule has 0 aliphatic rings. The van der Waals surface area contributed by atoms with Crippen molar-refractivity contribution in [1.82, 2.24) is 24.7 Å². The summed E-state index contributed by atoms with van der Waals surface area (Å²) in [6.45, 7) is -0.180. The minimum atomic E-state index is -4.79. The fourth-order valence-electron chi connectivity index (χ4n) is 2.83. The Labute approximate surface area is 182 Å². The summed E-state index contributed by atoms with van der Waals surface area (Å²) in [6.07, 6.45) is -1.50. The molecule has 0 aromatic carbocycles. The van der Waals surface area contributed by atoms with Crippen LogP contribution < -0.4 is 5.32 Å². The second kappa shape index (κ2) is 8.57. The molecule has 0 unspecified atom stereocenters. The average Bonchev–Trinajstić information content (AvgIpc) is 3.48. The van der Waals surface area contributed by atoms with Crippen molar-refractivity contribution >= 4 is 23.3 Å². The summed E-state index contributed by atoms with van der Waals surface area (Å²) in [5.41, 5.74) is 1.37. The molecule has 11 nitrogen and oxygen atoms in total. The molecule has 4 rings (SSSR count). The van der Waals surface area contributed by atoms with Gasteiger partial charge in [-0.05, 0) is 24.3 Å². The van der Waals surface area contributed by atoms with Crippen molar-refractivity contribution in [3.8, 4) is 11.5 Å². The highest BCUT2D eigenvalue weighted by Gasteiger charge is 2.38. The number of fused-ring (bicyclic) bond motifs is 1. The molecule has 0 radical (unpaired) electrons. The molecule has 0 saturated heterocycles. The van der Waals surface area contributed by atoms with Gasteiger partial charge in [-0.15, -0.1) is 0 Å². The number of methoxy groups -OCH3 is 1. The summed E-state index contributed by atoms with van der Waals surface area (Å²) >= 11 is 0. The van der Waals surface area contributed by atoms with E-state index in [2.05, 4.69) is 34.8 Å². The van der Waals surface area contributed by atoms with Gasteiger partial charge in [0.25, 0.3) is 0 Å². The van der Waals surface area contributed by atoms with Gasteiger partial charge in [-0.2, -0.15) is 23.3 Å². The van der Waals surface area contributed by atoms with Crippen molar-refractivity contribution < 1.29 is 36.8 Å². The Morgan fingerprint density at radius 2 is 2.03 bits per heavy atom. The van der Waals surface area contributed by atoms with E-state index in [4.69, 9.17) is 4.74 Å². The summed E-state index contributed by atoms with van der Waals surface area (Å²) in [5.74, 6) is -2.40. The van der Waals surface area contributed by atoms with Crippen molar-refractivity contribution in [2.45, 2.75) is 12.8 Å². The van der Waals surface area contributed by atoms with E-state index in [1.165, 1.54) is 54.5 Å². The molecular formula is C19H13F3N6O5. The third kappa shape index (κ3) is 4.58. The van der Waals surface area contributed by atoms with E-state index in [-0.39, 0.29) is 29.4 Å². The number of halogens is 3. The van der Waals surface area contributed by atoms with Gasteiger partial charge in [-0.1, -0.05) is 5.16 Å². The van der Waals surface area contributed by atoms with E-state index in [1.54, 1.807) is 0 Å². The maximum atomic E-state index is 12.7. The van der Waals surface area contributed by atoms with Crippen LogP contribution in [0.3, 0.4) is 0 Å². The van der Waals surface area contributed by atoms with Crippen molar-refractivity contribution in [1.29, 1.82) is 0 Å². The Morgan fingerprint density at radius 1 is 1.21 bits per heavy atom. The Kier molecular flexibility index (Phi) is 5.64. The van der Waals surface area contributed by atoms with Crippen LogP contribution in [-0.4, -0.2) is 43.9 Å². The van der Waals surface area contributed by atoms with Crippen LogP contribution in [0.15, 0.2) is 47.4 Å². The zero-order chi connectivity index (χ0) is 23.6. The molecule has 0 aliphatic heterocycles. The summed E-state index contributed by atoms with van der Waals surface area (Å²) in [7, 11) is 1.23. The lowest BCUT2D eigenvalue weighted by atomic mass is 10.2. The Morgan fingerprint density at radius 3 is 2.76 bits per heavy atom. The summed E-state index contributed by atoms with van der Waals surface area (Å²) in [5, 5.41) is 9.90. The van der Waals surface area contributed by atoms with Crippen LogP contribution in [-0.2, 0) is 22.3 Å². The maximum Gasteiger partial charge on any atom is 0.471 e. The van der Waals surface area contributed by atoms with Crippen LogP contribution in [0.4, 0.5) is 23.7 Å². The first-order valence-electron chi connectivity index (χ1n) is 9.10. The Hall–Kier alpha value is -4.49. The van der Waals surface area contributed by atoms with E-state index in [9.17, 15) is 22.8 Å². The predicted molar refractivity (Wildman–Crippen MR) is 103 cm³/mol. The van der Waals surface area contributed by atoms with Crippen LogP contribution in [0.25, 0.3) is 17.0 Å². The van der Waals surface area contributed by atoms with E-state index in [0.717, 1.165) is 0 Å². The number of ether oxygens (including phenoxy) is 2. The van der Waals surface area contributed by atoms with E-state index in [1.807, 2.05) is 0 Å². The number of carbonyl (C=O) groups excluding carboxylic acids is 2. The molecule has 4 heterocycles. The smallest absolute Gasteiger partial charge is 0.465 e. The highest BCUT2D eigenvalue weighted by atomic mass is 19.4. The average molecular weight is 462 g/mol. The monoisotopic (exact) mass is 462 g/mol. The third-order valence-electron chi connectivity index (χ3n) is 4.27. The number of nitrogens with one attached hydrogen (secondary N) is 1. The molecule has 33 heavy (non-hydrogen) atoms. The number of alkyl halides is 3. The number of pyridine rings is 2. The number of rotatable bonds is 5. The van der Waals surface area contributed by atoms with Crippen LogP contribution in [0, 0.1) is 0 Å². The SMILES string of the molecule is COC(=O)c1cncc(COC(=O)Nc2ccc(-c3noc(C(F)(F)F)n3)n3nccc23)c1. The lowest BCUT2D eigenvalue weighted by Gasteiger charge is -2.10. The predicted octanol–water partition coefficient (Wildman–Crippen LogP) is 3.33. The number of esters is 1. The number of amides is 1. The molecule has 1 N–H and O–H groups in total. The largest absolute Gasteiger partial charge is 0.471 e. The van der Waals surface area contributed by atoms with Crippen LogP contribution in [0.1, 0.15) is 21.8 Å². The van der Waals surface area contributed by atoms with Gasteiger partial charge < -0.3 is 14.0 Å². The van der Waals surface area contributed by atoms with Crippen molar-refractivity contribution in [3.63, 3.8) is 0 Å². The van der Waals surface area contributed by atoms with Gasteiger partial charge >= 0.3 is 24.1 Å². The second-order valence-corrected chi connectivity index (χ2v) is 6.46. The highest BCUT2D eigenvalue weighted by Crippen LogP contribution is 2.30. The molecule has 0 saturated carbocycles. The molecule has 0 aliphatic carbocycles. The molecule has 4 aromatic rings. The molecule has 1 amide bonds. The van der Waals surface area contributed by atoms with Crippen LogP contribution >= 0.6 is 0 Å². The van der Waals surface area contributed by atoms with Crippen molar-refractivity contribution in [2.75, 3.05) is 12.4 Å². The molecule has 4 aromatic heterocycles. The highest BCUT2D eigenvalue weighted by molar-refractivity contribution is 5.91. The fraction of sp³-hybridized carbons (Fsp3) is 0.158. The first-order valence-corrected chi connectivity index (χ1v) is 9.10. The van der Waals surface area contributed by atoms with E-state index in [0.29, 0.717) is 11.1 Å². The lowest BCUT2D eigenvalue weighted by molar-refractivity contribution is -0.159. The standard InChI is InChI=1S/C19H13F3N6O5/c1-31-16(29)11-6-10(7-23-8-11)9-32-18(30)25-12-2-3-14(28-13(12)4-5-24-28)15-26-17(33-27-15)19(20,21)22/h2-8H,9H2,1H3,(H,25,30). The number of carbonyl (C=O) groups is 2. The minimum Gasteiger partial charge on any atom is -0.465 e. The van der Waals surface area contributed by atoms with Gasteiger partial charge in [0, 0.05) is 18.0 Å². The van der Waals surface area contributed by atoms with Gasteiger partial charge in [0.2, 0.25) is 5.82 Å². The number of hydrogen-bond donors (Lipinski definition) is 1. The quantitative estimate of drug-likeness (QED) is 0.443. The van der Waals surface area contributed by atoms with Gasteiger partial charge in [0.15, 0.2) is 0 Å². The first-order chi connectivity index (χ1) is 15.8. The van der Waals surface area contributed by atoms with E-state index < -0.39 is 24.1 Å². The first kappa shape index (κ1) is 21.7. The number of aromatic nitrogens is 5.